The number of aliphatic hydroxyl groups is 2. The van der Waals surface area contributed by atoms with Gasteiger partial charge in [-0.1, -0.05) is 48.5 Å². The second-order valence-corrected chi connectivity index (χ2v) is 8.04. The minimum absolute atomic E-state index is 0.181. The molecule has 0 aliphatic heterocycles. The van der Waals surface area contributed by atoms with Crippen LogP contribution in [-0.4, -0.2) is 22.9 Å². The Labute approximate surface area is 150 Å². The second kappa shape index (κ2) is 7.31. The number of hydrogen-bond donors (Lipinski definition) is 2. The van der Waals surface area contributed by atoms with Crippen LogP contribution in [0.5, 0.6) is 0 Å². The molecule has 2 heteroatoms. The highest BCUT2D eigenvalue weighted by Gasteiger charge is 2.28. The van der Waals surface area contributed by atoms with Crippen molar-refractivity contribution >= 4 is 0 Å². The average Bonchev–Trinajstić information content (AvgIpc) is 3.47. The molecular formula is C23H28O2. The van der Waals surface area contributed by atoms with Crippen LogP contribution in [0.2, 0.25) is 0 Å². The van der Waals surface area contributed by atoms with Gasteiger partial charge >= 0.3 is 0 Å². The summed E-state index contributed by atoms with van der Waals surface area (Å²) in [6.07, 6.45) is 5.91. The van der Waals surface area contributed by atoms with E-state index in [1.807, 2.05) is 0 Å². The third-order valence-corrected chi connectivity index (χ3v) is 5.90. The minimum Gasteiger partial charge on any atom is -0.396 e. The maximum absolute atomic E-state index is 10.1. The maximum atomic E-state index is 10.1. The second-order valence-electron chi connectivity index (χ2n) is 8.04. The molecule has 2 aromatic rings. The molecule has 2 aliphatic carbocycles. The molecule has 2 N–H and O–H groups in total. The Bertz CT molecular complexity index is 702. The summed E-state index contributed by atoms with van der Waals surface area (Å²) in [4.78, 5) is 0. The van der Waals surface area contributed by atoms with Gasteiger partial charge in [0.2, 0.25) is 0 Å². The fourth-order valence-corrected chi connectivity index (χ4v) is 4.34. The van der Waals surface area contributed by atoms with E-state index in [4.69, 9.17) is 0 Å². The topological polar surface area (TPSA) is 40.5 Å². The molecule has 0 amide bonds. The molecule has 0 aromatic heterocycles. The molecule has 4 rings (SSSR count). The van der Waals surface area contributed by atoms with Crippen molar-refractivity contribution in [2.75, 3.05) is 6.61 Å². The Hall–Kier alpha value is -1.64. The zero-order valence-electron chi connectivity index (χ0n) is 14.8. The van der Waals surface area contributed by atoms with Crippen LogP contribution in [0.4, 0.5) is 0 Å². The lowest BCUT2D eigenvalue weighted by Gasteiger charge is -2.32. The van der Waals surface area contributed by atoms with Crippen molar-refractivity contribution in [3.63, 3.8) is 0 Å². The minimum atomic E-state index is -0.283. The lowest BCUT2D eigenvalue weighted by molar-refractivity contribution is 0.0650. The molecule has 0 spiro atoms. The van der Waals surface area contributed by atoms with Gasteiger partial charge in [-0.3, -0.25) is 0 Å². The Morgan fingerprint density at radius 2 is 1.60 bits per heavy atom. The van der Waals surface area contributed by atoms with E-state index in [2.05, 4.69) is 48.5 Å². The number of hydrogen-bond acceptors (Lipinski definition) is 2. The van der Waals surface area contributed by atoms with Gasteiger partial charge in [-0.15, -0.1) is 0 Å². The van der Waals surface area contributed by atoms with Gasteiger partial charge in [0.05, 0.1) is 6.10 Å². The molecule has 2 nitrogen and oxygen atoms in total. The van der Waals surface area contributed by atoms with Crippen molar-refractivity contribution in [2.24, 2.45) is 5.92 Å². The zero-order chi connectivity index (χ0) is 17.2. The van der Waals surface area contributed by atoms with E-state index < -0.39 is 0 Å². The summed E-state index contributed by atoms with van der Waals surface area (Å²) in [5.41, 5.74) is 5.49. The van der Waals surface area contributed by atoms with Gasteiger partial charge in [-0.25, -0.2) is 0 Å². The van der Waals surface area contributed by atoms with E-state index in [-0.39, 0.29) is 18.6 Å². The summed E-state index contributed by atoms with van der Waals surface area (Å²) >= 11 is 0. The van der Waals surface area contributed by atoms with Crippen LogP contribution in [0.25, 0.3) is 0 Å². The highest BCUT2D eigenvalue weighted by atomic mass is 16.3. The third kappa shape index (κ3) is 4.13. The number of benzene rings is 2. The van der Waals surface area contributed by atoms with Crippen molar-refractivity contribution in [2.45, 2.75) is 56.5 Å². The lowest BCUT2D eigenvalue weighted by Crippen LogP contribution is -2.27. The Balaban J connectivity index is 1.47. The van der Waals surface area contributed by atoms with Crippen molar-refractivity contribution in [3.8, 4) is 0 Å². The molecule has 25 heavy (non-hydrogen) atoms. The van der Waals surface area contributed by atoms with E-state index in [1.165, 1.54) is 35.1 Å². The third-order valence-electron chi connectivity index (χ3n) is 5.90. The molecule has 0 heterocycles. The smallest absolute Gasteiger partial charge is 0.0549 e. The first-order valence-electron chi connectivity index (χ1n) is 9.68. The lowest BCUT2D eigenvalue weighted by atomic mass is 9.76. The predicted octanol–water partition coefficient (Wildman–Crippen LogP) is 4.39. The van der Waals surface area contributed by atoms with Gasteiger partial charge in [0.15, 0.2) is 0 Å². The molecule has 0 bridgehead atoms. The molecule has 3 atom stereocenters. The van der Waals surface area contributed by atoms with Gasteiger partial charge in [0.1, 0.15) is 0 Å². The van der Waals surface area contributed by atoms with Crippen LogP contribution in [0.1, 0.15) is 66.2 Å². The summed E-state index contributed by atoms with van der Waals surface area (Å²) in [7, 11) is 0. The summed E-state index contributed by atoms with van der Waals surface area (Å²) in [5.74, 6) is 1.40. The molecule has 132 valence electrons. The fraction of sp³-hybridized carbons (Fsp3) is 0.478. The maximum Gasteiger partial charge on any atom is 0.0549 e. The summed E-state index contributed by atoms with van der Waals surface area (Å²) < 4.78 is 0. The Morgan fingerprint density at radius 3 is 2.32 bits per heavy atom. The van der Waals surface area contributed by atoms with E-state index >= 15 is 0 Å². The van der Waals surface area contributed by atoms with Crippen molar-refractivity contribution in [3.05, 3.63) is 70.8 Å². The van der Waals surface area contributed by atoms with E-state index in [1.54, 1.807) is 0 Å². The SMILES string of the molecule is OCC1CC(c2cccc(Cc3ccc(C4CC4)cc3)c2)C[C@@H](O)C1. The molecule has 2 aromatic carbocycles. The first-order chi connectivity index (χ1) is 12.2. The molecule has 2 fully saturated rings. The highest BCUT2D eigenvalue weighted by molar-refractivity contribution is 5.34. The van der Waals surface area contributed by atoms with Gasteiger partial charge in [-0.2, -0.15) is 0 Å². The normalized spacial score (nSPS) is 26.6. The van der Waals surface area contributed by atoms with Crippen LogP contribution in [0.3, 0.4) is 0 Å². The summed E-state index contributed by atoms with van der Waals surface area (Å²) in [5, 5.41) is 19.6. The molecule has 2 saturated carbocycles. The van der Waals surface area contributed by atoms with Crippen molar-refractivity contribution in [1.82, 2.24) is 0 Å². The van der Waals surface area contributed by atoms with Crippen LogP contribution in [0.15, 0.2) is 48.5 Å². The van der Waals surface area contributed by atoms with Crippen LogP contribution in [0, 0.1) is 5.92 Å². The first kappa shape index (κ1) is 16.8. The van der Waals surface area contributed by atoms with Gasteiger partial charge in [0.25, 0.3) is 0 Å². The first-order valence-corrected chi connectivity index (χ1v) is 9.68. The molecule has 2 unspecified atom stereocenters. The average molecular weight is 336 g/mol. The van der Waals surface area contributed by atoms with E-state index in [9.17, 15) is 10.2 Å². The number of rotatable bonds is 5. The molecule has 0 saturated heterocycles. The molecule has 0 radical (unpaired) electrons. The Kier molecular flexibility index (Phi) is 4.91. The summed E-state index contributed by atoms with van der Waals surface area (Å²) in [6, 6.07) is 17.9. The fourth-order valence-electron chi connectivity index (χ4n) is 4.34. The van der Waals surface area contributed by atoms with Crippen LogP contribution >= 0.6 is 0 Å². The van der Waals surface area contributed by atoms with Crippen LogP contribution in [-0.2, 0) is 6.42 Å². The van der Waals surface area contributed by atoms with E-state index in [0.717, 1.165) is 31.6 Å². The molecule has 2 aliphatic rings. The quantitative estimate of drug-likeness (QED) is 0.850. The highest BCUT2D eigenvalue weighted by Crippen LogP contribution is 2.40. The van der Waals surface area contributed by atoms with Gasteiger partial charge < -0.3 is 10.2 Å². The van der Waals surface area contributed by atoms with Crippen molar-refractivity contribution in [1.29, 1.82) is 0 Å². The van der Waals surface area contributed by atoms with Gasteiger partial charge in [0, 0.05) is 6.61 Å². The zero-order valence-corrected chi connectivity index (χ0v) is 14.8. The standard InChI is InChI=1S/C23H28O2/c24-15-18-12-22(14-23(25)13-18)21-3-1-2-17(11-21)10-16-4-6-19(7-5-16)20-8-9-20/h1-7,11,18,20,22-25H,8-10,12-15H2/t18?,22?,23-/m0/s1. The molecular weight excluding hydrogens is 308 g/mol. The number of aliphatic hydroxyl groups excluding tert-OH is 2. The largest absolute Gasteiger partial charge is 0.396 e. The van der Waals surface area contributed by atoms with Crippen molar-refractivity contribution < 1.29 is 10.2 Å². The monoisotopic (exact) mass is 336 g/mol. The van der Waals surface area contributed by atoms with E-state index in [0.29, 0.717) is 5.92 Å². The summed E-state index contributed by atoms with van der Waals surface area (Å²) in [6.45, 7) is 0.181. The van der Waals surface area contributed by atoms with Crippen LogP contribution < -0.4 is 0 Å². The van der Waals surface area contributed by atoms with Gasteiger partial charge in [-0.05, 0) is 78.5 Å². The Morgan fingerprint density at radius 1 is 0.800 bits per heavy atom. The predicted molar refractivity (Wildman–Crippen MR) is 101 cm³/mol.